The molecule has 0 saturated carbocycles. The maximum absolute atomic E-state index is 5.49. The third kappa shape index (κ3) is 2.26. The summed E-state index contributed by atoms with van der Waals surface area (Å²) < 4.78 is 3.20. The highest BCUT2D eigenvalue weighted by Crippen LogP contribution is 2.32. The fraction of sp³-hybridized carbons (Fsp3) is 0. The summed E-state index contributed by atoms with van der Waals surface area (Å²) in [5, 5.41) is 1.14. The zero-order valence-electron chi connectivity index (χ0n) is 9.39. The van der Waals surface area contributed by atoms with Crippen LogP contribution < -0.4 is 0 Å². The molecule has 18 heavy (non-hydrogen) atoms. The second kappa shape index (κ2) is 4.92. The van der Waals surface area contributed by atoms with Crippen LogP contribution in [-0.4, -0.2) is 0 Å². The van der Waals surface area contributed by atoms with Crippen LogP contribution in [0.4, 0.5) is 0 Å². The van der Waals surface area contributed by atoms with E-state index < -0.39 is 0 Å². The second-order valence-electron chi connectivity index (χ2n) is 3.98. The van der Waals surface area contributed by atoms with Gasteiger partial charge in [-0.2, -0.15) is 0 Å². The molecule has 1 aromatic heterocycles. The zero-order chi connectivity index (χ0) is 12.5. The first-order valence-corrected chi connectivity index (χ1v) is 7.55. The van der Waals surface area contributed by atoms with E-state index in [1.54, 1.807) is 11.3 Å². The van der Waals surface area contributed by atoms with E-state index in [1.807, 2.05) is 6.07 Å². The standard InChI is InChI=1S/C15H9BrS2/c16-11-6-7-14-12(8-11)13(17)9-15(18-14)10-4-2-1-3-5-10/h1-9H. The highest BCUT2D eigenvalue weighted by atomic mass is 79.9. The van der Waals surface area contributed by atoms with Crippen LogP contribution in [0.1, 0.15) is 0 Å². The number of benzene rings is 2. The van der Waals surface area contributed by atoms with E-state index in [4.69, 9.17) is 12.2 Å². The predicted molar refractivity (Wildman–Crippen MR) is 85.8 cm³/mol. The molecule has 0 aliphatic carbocycles. The quantitative estimate of drug-likeness (QED) is 0.488. The Balaban J connectivity index is 2.29. The molecule has 0 N–H and O–H groups in total. The van der Waals surface area contributed by atoms with Gasteiger partial charge in [0.15, 0.2) is 0 Å². The van der Waals surface area contributed by atoms with E-state index in [1.165, 1.54) is 15.1 Å². The summed E-state index contributed by atoms with van der Waals surface area (Å²) in [6.07, 6.45) is 0. The van der Waals surface area contributed by atoms with Crippen molar-refractivity contribution in [3.8, 4) is 10.4 Å². The molecule has 0 nitrogen and oxygen atoms in total. The average molecular weight is 333 g/mol. The molecule has 88 valence electrons. The van der Waals surface area contributed by atoms with Crippen LogP contribution >= 0.6 is 39.5 Å². The number of halogens is 1. The van der Waals surface area contributed by atoms with Crippen LogP contribution in [0.15, 0.2) is 59.1 Å². The van der Waals surface area contributed by atoms with Crippen LogP contribution in [-0.2, 0) is 0 Å². The predicted octanol–water partition coefficient (Wildman–Crippen LogP) is 6.06. The highest BCUT2D eigenvalue weighted by molar-refractivity contribution is 9.10. The van der Waals surface area contributed by atoms with E-state index in [9.17, 15) is 0 Å². The Morgan fingerprint density at radius 3 is 2.50 bits per heavy atom. The molecular formula is C15H9BrS2. The minimum atomic E-state index is 0.906. The van der Waals surface area contributed by atoms with Crippen molar-refractivity contribution in [2.45, 2.75) is 0 Å². The number of hydrogen-bond donors (Lipinski definition) is 0. The second-order valence-corrected chi connectivity index (χ2v) is 6.42. The van der Waals surface area contributed by atoms with Crippen LogP contribution in [0.25, 0.3) is 20.5 Å². The smallest absolute Gasteiger partial charge is 0.0478 e. The average Bonchev–Trinajstić information content (AvgIpc) is 2.40. The lowest BCUT2D eigenvalue weighted by molar-refractivity contribution is 1.68. The van der Waals surface area contributed by atoms with Gasteiger partial charge < -0.3 is 0 Å². The van der Waals surface area contributed by atoms with Crippen molar-refractivity contribution in [2.75, 3.05) is 0 Å². The first kappa shape index (κ1) is 12.0. The molecule has 2 aromatic carbocycles. The van der Waals surface area contributed by atoms with E-state index in [2.05, 4.69) is 64.5 Å². The topological polar surface area (TPSA) is 0 Å². The lowest BCUT2D eigenvalue weighted by Gasteiger charge is -2.04. The molecule has 1 heterocycles. The summed E-state index contributed by atoms with van der Waals surface area (Å²) >= 11 is 10.8. The van der Waals surface area contributed by atoms with E-state index >= 15 is 0 Å². The van der Waals surface area contributed by atoms with Gasteiger partial charge in [0.25, 0.3) is 0 Å². The molecule has 0 spiro atoms. The molecule has 0 fully saturated rings. The molecule has 0 aliphatic rings. The maximum Gasteiger partial charge on any atom is 0.0478 e. The molecule has 0 amide bonds. The van der Waals surface area contributed by atoms with Crippen LogP contribution in [0.5, 0.6) is 0 Å². The van der Waals surface area contributed by atoms with Crippen LogP contribution in [0.2, 0.25) is 0 Å². The Morgan fingerprint density at radius 1 is 0.944 bits per heavy atom. The van der Waals surface area contributed by atoms with E-state index in [-0.39, 0.29) is 0 Å². The Bertz CT molecular complexity index is 760. The van der Waals surface area contributed by atoms with Gasteiger partial charge in [-0.1, -0.05) is 58.5 Å². The number of hydrogen-bond acceptors (Lipinski definition) is 2. The van der Waals surface area contributed by atoms with Crippen molar-refractivity contribution in [2.24, 2.45) is 0 Å². The van der Waals surface area contributed by atoms with Crippen molar-refractivity contribution in [1.29, 1.82) is 0 Å². The van der Waals surface area contributed by atoms with Gasteiger partial charge >= 0.3 is 0 Å². The first-order chi connectivity index (χ1) is 8.74. The van der Waals surface area contributed by atoms with Gasteiger partial charge in [0.1, 0.15) is 0 Å². The lowest BCUT2D eigenvalue weighted by atomic mass is 10.2. The van der Waals surface area contributed by atoms with Gasteiger partial charge in [0.2, 0.25) is 0 Å². The number of fused-ring (bicyclic) bond motifs is 1. The first-order valence-electron chi connectivity index (χ1n) is 5.53. The summed E-state index contributed by atoms with van der Waals surface area (Å²) in [6.45, 7) is 0. The van der Waals surface area contributed by atoms with Gasteiger partial charge in [0.05, 0.1) is 0 Å². The highest BCUT2D eigenvalue weighted by Gasteiger charge is 2.03. The summed E-state index contributed by atoms with van der Waals surface area (Å²) in [5.74, 6) is 0. The van der Waals surface area contributed by atoms with Gasteiger partial charge in [0, 0.05) is 23.9 Å². The Hall–Kier alpha value is -1.03. The van der Waals surface area contributed by atoms with Gasteiger partial charge in [-0.15, -0.1) is 11.3 Å². The monoisotopic (exact) mass is 332 g/mol. The lowest BCUT2D eigenvalue weighted by Crippen LogP contribution is -1.77. The third-order valence-corrected chi connectivity index (χ3v) is 4.73. The molecule has 0 bridgehead atoms. The molecule has 0 aliphatic heterocycles. The molecule has 3 aromatic rings. The van der Waals surface area contributed by atoms with Crippen molar-refractivity contribution in [1.82, 2.24) is 0 Å². The van der Waals surface area contributed by atoms with E-state index in [0.717, 1.165) is 14.4 Å². The number of rotatable bonds is 1. The summed E-state index contributed by atoms with van der Waals surface area (Å²) in [6, 6.07) is 18.7. The molecule has 0 atom stereocenters. The van der Waals surface area contributed by atoms with Crippen LogP contribution in [0.3, 0.4) is 0 Å². The maximum atomic E-state index is 5.49. The normalized spacial score (nSPS) is 10.7. The molecular weight excluding hydrogens is 324 g/mol. The summed E-state index contributed by atoms with van der Waals surface area (Å²) in [7, 11) is 0. The van der Waals surface area contributed by atoms with Crippen molar-refractivity contribution in [3.63, 3.8) is 0 Å². The SMILES string of the molecule is S=c1cc(-c2ccccc2)sc2ccc(Br)cc12. The Morgan fingerprint density at radius 2 is 1.72 bits per heavy atom. The molecule has 0 radical (unpaired) electrons. The Kier molecular flexibility index (Phi) is 3.29. The minimum absolute atomic E-state index is 0.906. The minimum Gasteiger partial charge on any atom is -0.135 e. The van der Waals surface area contributed by atoms with Crippen molar-refractivity contribution < 1.29 is 0 Å². The van der Waals surface area contributed by atoms with Gasteiger partial charge in [-0.3, -0.25) is 0 Å². The van der Waals surface area contributed by atoms with Gasteiger partial charge in [-0.05, 0) is 29.8 Å². The Labute approximate surface area is 123 Å². The van der Waals surface area contributed by atoms with E-state index in [0.29, 0.717) is 0 Å². The largest absolute Gasteiger partial charge is 0.135 e. The summed E-state index contributed by atoms with van der Waals surface area (Å²) in [5.41, 5.74) is 1.22. The molecule has 0 saturated heterocycles. The van der Waals surface area contributed by atoms with Crippen LogP contribution in [0, 0.1) is 4.51 Å². The molecule has 3 heteroatoms. The van der Waals surface area contributed by atoms with Crippen molar-refractivity contribution in [3.05, 3.63) is 63.6 Å². The van der Waals surface area contributed by atoms with Crippen molar-refractivity contribution >= 4 is 49.6 Å². The molecule has 0 unspecified atom stereocenters. The zero-order valence-corrected chi connectivity index (χ0v) is 12.6. The van der Waals surface area contributed by atoms with Gasteiger partial charge in [-0.25, -0.2) is 0 Å². The fourth-order valence-electron chi connectivity index (χ4n) is 1.87. The fourth-order valence-corrected chi connectivity index (χ4v) is 3.74. The molecule has 3 rings (SSSR count). The third-order valence-electron chi connectivity index (χ3n) is 2.75. The summed E-state index contributed by atoms with van der Waals surface area (Å²) in [4.78, 5) is 1.22.